The van der Waals surface area contributed by atoms with E-state index in [0.717, 1.165) is 0 Å². The molecule has 1 aliphatic rings. The van der Waals surface area contributed by atoms with Crippen LogP contribution >= 0.6 is 7.60 Å². The second-order valence-corrected chi connectivity index (χ2v) is 4.82. The summed E-state index contributed by atoms with van der Waals surface area (Å²) in [6, 6.07) is 0. The van der Waals surface area contributed by atoms with E-state index in [4.69, 9.17) is 19.6 Å². The van der Waals surface area contributed by atoms with Gasteiger partial charge in [0.05, 0.1) is 25.0 Å². The minimum atomic E-state index is -4.10. The Morgan fingerprint density at radius 1 is 1.46 bits per heavy atom. The minimum absolute atomic E-state index is 0.163. The Bertz CT molecular complexity index is 213. The summed E-state index contributed by atoms with van der Waals surface area (Å²) in [5.41, 5.74) is 0. The molecule has 6 nitrogen and oxygen atoms in total. The topological polar surface area (TPSA) is 107 Å². The van der Waals surface area contributed by atoms with E-state index in [1.807, 2.05) is 0 Å². The highest BCUT2D eigenvalue weighted by Crippen LogP contribution is 2.38. The molecule has 0 amide bonds. The van der Waals surface area contributed by atoms with Crippen molar-refractivity contribution in [3.05, 3.63) is 0 Å². The zero-order chi connectivity index (χ0) is 10.1. The van der Waals surface area contributed by atoms with Gasteiger partial charge in [-0.15, -0.1) is 0 Å². The van der Waals surface area contributed by atoms with Crippen molar-refractivity contribution in [3.63, 3.8) is 0 Å². The SMILES string of the molecule is O=P(O)(O)CC1C[C@H](O)[C@@H](CO)O1. The summed E-state index contributed by atoms with van der Waals surface area (Å²) >= 11 is 0. The maximum absolute atomic E-state index is 10.6. The Balaban J connectivity index is 2.45. The highest BCUT2D eigenvalue weighted by Gasteiger charge is 2.36. The van der Waals surface area contributed by atoms with Gasteiger partial charge in [-0.3, -0.25) is 4.57 Å². The molecule has 0 spiro atoms. The molecule has 0 bridgehead atoms. The van der Waals surface area contributed by atoms with Crippen LogP contribution in [0.25, 0.3) is 0 Å². The van der Waals surface area contributed by atoms with Crippen molar-refractivity contribution in [1.82, 2.24) is 0 Å². The van der Waals surface area contributed by atoms with Crippen molar-refractivity contribution in [3.8, 4) is 0 Å². The molecule has 1 unspecified atom stereocenters. The second kappa shape index (κ2) is 4.04. The number of hydrogen-bond donors (Lipinski definition) is 4. The minimum Gasteiger partial charge on any atom is -0.394 e. The maximum Gasteiger partial charge on any atom is 0.328 e. The van der Waals surface area contributed by atoms with E-state index < -0.39 is 32.1 Å². The van der Waals surface area contributed by atoms with E-state index in [-0.39, 0.29) is 13.0 Å². The largest absolute Gasteiger partial charge is 0.394 e. The lowest BCUT2D eigenvalue weighted by Crippen LogP contribution is -2.24. The molecule has 1 saturated heterocycles. The van der Waals surface area contributed by atoms with Gasteiger partial charge in [-0.25, -0.2) is 0 Å². The fraction of sp³-hybridized carbons (Fsp3) is 1.00. The van der Waals surface area contributed by atoms with Gasteiger partial charge >= 0.3 is 7.60 Å². The third-order valence-electron chi connectivity index (χ3n) is 1.92. The summed E-state index contributed by atoms with van der Waals surface area (Å²) in [4.78, 5) is 17.2. The molecule has 1 fully saturated rings. The van der Waals surface area contributed by atoms with Gasteiger partial charge in [0.15, 0.2) is 0 Å². The molecule has 1 heterocycles. The fourth-order valence-corrected chi connectivity index (χ4v) is 2.13. The molecule has 7 heteroatoms. The van der Waals surface area contributed by atoms with Crippen LogP contribution in [0.5, 0.6) is 0 Å². The van der Waals surface area contributed by atoms with Crippen molar-refractivity contribution in [2.75, 3.05) is 12.8 Å². The smallest absolute Gasteiger partial charge is 0.328 e. The molecule has 0 radical (unpaired) electrons. The first-order valence-corrected chi connectivity index (χ1v) is 5.71. The molecule has 0 aromatic heterocycles. The average molecular weight is 212 g/mol. The predicted molar refractivity (Wildman–Crippen MR) is 43.3 cm³/mol. The summed E-state index contributed by atoms with van der Waals surface area (Å²) < 4.78 is 15.6. The zero-order valence-electron chi connectivity index (χ0n) is 6.91. The Kier molecular flexibility index (Phi) is 3.45. The number of aliphatic hydroxyl groups excluding tert-OH is 2. The van der Waals surface area contributed by atoms with Crippen LogP contribution in [0.2, 0.25) is 0 Å². The van der Waals surface area contributed by atoms with Crippen LogP contribution in [-0.2, 0) is 9.30 Å². The summed E-state index contributed by atoms with van der Waals surface area (Å²) in [6.45, 7) is -0.334. The van der Waals surface area contributed by atoms with E-state index in [1.165, 1.54) is 0 Å². The van der Waals surface area contributed by atoms with Gasteiger partial charge in [-0.2, -0.15) is 0 Å². The lowest BCUT2D eigenvalue weighted by Gasteiger charge is -2.12. The quantitative estimate of drug-likeness (QED) is 0.432. The van der Waals surface area contributed by atoms with Crippen LogP contribution in [0, 0.1) is 0 Å². The van der Waals surface area contributed by atoms with Gasteiger partial charge in [0.25, 0.3) is 0 Å². The van der Waals surface area contributed by atoms with Gasteiger partial charge in [0, 0.05) is 6.42 Å². The van der Waals surface area contributed by atoms with Crippen molar-refractivity contribution >= 4 is 7.60 Å². The van der Waals surface area contributed by atoms with Crippen molar-refractivity contribution in [1.29, 1.82) is 0 Å². The molecule has 1 aliphatic heterocycles. The number of aliphatic hydroxyl groups is 2. The average Bonchev–Trinajstić information content (AvgIpc) is 2.26. The van der Waals surface area contributed by atoms with E-state index in [9.17, 15) is 9.67 Å². The van der Waals surface area contributed by atoms with Gasteiger partial charge in [-0.05, 0) is 0 Å². The van der Waals surface area contributed by atoms with Crippen molar-refractivity contribution in [2.45, 2.75) is 24.7 Å². The van der Waals surface area contributed by atoms with Crippen LogP contribution in [0.1, 0.15) is 6.42 Å². The molecule has 0 saturated carbocycles. The lowest BCUT2D eigenvalue weighted by atomic mass is 10.1. The third kappa shape index (κ3) is 3.34. The van der Waals surface area contributed by atoms with E-state index in [2.05, 4.69) is 0 Å². The maximum atomic E-state index is 10.6. The molecular formula is C6H13O6P. The molecule has 3 atom stereocenters. The monoisotopic (exact) mass is 212 g/mol. The van der Waals surface area contributed by atoms with Gasteiger partial charge in [-0.1, -0.05) is 0 Å². The lowest BCUT2D eigenvalue weighted by molar-refractivity contribution is -0.0171. The number of rotatable bonds is 3. The predicted octanol–water partition coefficient (Wildman–Crippen LogP) is -1.33. The highest BCUT2D eigenvalue weighted by atomic mass is 31.2. The first-order valence-electron chi connectivity index (χ1n) is 3.91. The summed E-state index contributed by atoms with van der Waals surface area (Å²) in [5, 5.41) is 17.9. The Morgan fingerprint density at radius 3 is 2.46 bits per heavy atom. The van der Waals surface area contributed by atoms with E-state index >= 15 is 0 Å². The molecule has 13 heavy (non-hydrogen) atoms. The van der Waals surface area contributed by atoms with Crippen LogP contribution < -0.4 is 0 Å². The number of hydrogen-bond acceptors (Lipinski definition) is 4. The number of ether oxygens (including phenoxy) is 1. The summed E-state index contributed by atoms with van der Waals surface area (Å²) in [7, 11) is -4.10. The molecule has 0 aliphatic carbocycles. The van der Waals surface area contributed by atoms with Gasteiger partial charge < -0.3 is 24.7 Å². The standard InChI is InChI=1S/C6H13O6P/c7-2-6-5(8)1-4(12-6)3-13(9,10)11/h4-8H,1-3H2,(H2,9,10,11)/t4?,5-,6+/m0/s1. The van der Waals surface area contributed by atoms with Crippen molar-refractivity contribution < 1.29 is 29.3 Å². The van der Waals surface area contributed by atoms with E-state index in [1.54, 1.807) is 0 Å². The first kappa shape index (κ1) is 11.1. The Morgan fingerprint density at radius 2 is 2.08 bits per heavy atom. The molecule has 1 rings (SSSR count). The normalized spacial score (nSPS) is 35.2. The molecule has 0 aromatic rings. The molecule has 0 aromatic carbocycles. The van der Waals surface area contributed by atoms with Gasteiger partial charge in [0.1, 0.15) is 6.10 Å². The Labute approximate surface area is 75.3 Å². The van der Waals surface area contributed by atoms with Crippen LogP contribution in [0.3, 0.4) is 0 Å². The summed E-state index contributed by atoms with van der Waals surface area (Å²) in [5.74, 6) is 0. The second-order valence-electron chi connectivity index (χ2n) is 3.13. The van der Waals surface area contributed by atoms with Crippen LogP contribution in [0.15, 0.2) is 0 Å². The zero-order valence-corrected chi connectivity index (χ0v) is 7.80. The Hall–Kier alpha value is 0.0300. The highest BCUT2D eigenvalue weighted by molar-refractivity contribution is 7.51. The molecular weight excluding hydrogens is 199 g/mol. The summed E-state index contributed by atoms with van der Waals surface area (Å²) in [6.07, 6.45) is -2.44. The van der Waals surface area contributed by atoms with E-state index in [0.29, 0.717) is 0 Å². The molecule has 4 N–H and O–H groups in total. The molecule has 78 valence electrons. The van der Waals surface area contributed by atoms with Crippen LogP contribution in [0.4, 0.5) is 0 Å². The first-order chi connectivity index (χ1) is 5.92. The fourth-order valence-electron chi connectivity index (χ4n) is 1.36. The third-order valence-corrected chi connectivity index (χ3v) is 2.81. The van der Waals surface area contributed by atoms with Gasteiger partial charge in [0.2, 0.25) is 0 Å². The van der Waals surface area contributed by atoms with Crippen molar-refractivity contribution in [2.24, 2.45) is 0 Å². The van der Waals surface area contributed by atoms with Crippen LogP contribution in [-0.4, -0.2) is 51.1 Å².